The molecule has 2 unspecified atom stereocenters. The molecule has 5 atom stereocenters. The standard InChI is InChI=1S/C28H38O4Si/c1-20-23(29)19-24(31-25-17-11-12-18-30-25)26(20)27(28(2,3)4)32-33(21-13-7-5-8-14-21)22-15-9-6-10-16-22/h5-10,13-16,23-27,29,33H,1,11-12,17-19H2,2-4H3/t23-,24+,25?,26-,27?/m1/s1. The van der Waals surface area contributed by atoms with Crippen molar-refractivity contribution in [1.29, 1.82) is 0 Å². The van der Waals surface area contributed by atoms with Crippen LogP contribution in [0.4, 0.5) is 0 Å². The fraction of sp³-hybridized carbons (Fsp3) is 0.500. The van der Waals surface area contributed by atoms with E-state index >= 15 is 0 Å². The Morgan fingerprint density at radius 3 is 2.12 bits per heavy atom. The van der Waals surface area contributed by atoms with Gasteiger partial charge in [0.15, 0.2) is 6.29 Å². The third-order valence-corrected chi connectivity index (χ3v) is 9.39. The second-order valence-electron chi connectivity index (χ2n) is 10.4. The van der Waals surface area contributed by atoms with Crippen molar-refractivity contribution in [3.63, 3.8) is 0 Å². The van der Waals surface area contributed by atoms with Gasteiger partial charge < -0.3 is 19.0 Å². The molecule has 2 aromatic rings. The number of hydrogen-bond acceptors (Lipinski definition) is 4. The Morgan fingerprint density at radius 1 is 1.00 bits per heavy atom. The molecule has 0 radical (unpaired) electrons. The van der Waals surface area contributed by atoms with Crippen molar-refractivity contribution in [3.05, 3.63) is 72.8 Å². The van der Waals surface area contributed by atoms with Crippen LogP contribution in [0.2, 0.25) is 0 Å². The van der Waals surface area contributed by atoms with Crippen LogP contribution < -0.4 is 10.4 Å². The van der Waals surface area contributed by atoms with Gasteiger partial charge in [-0.25, -0.2) is 0 Å². The lowest BCUT2D eigenvalue weighted by Gasteiger charge is -2.41. The van der Waals surface area contributed by atoms with Gasteiger partial charge in [0.25, 0.3) is 0 Å². The molecule has 5 heteroatoms. The molecule has 0 amide bonds. The van der Waals surface area contributed by atoms with Gasteiger partial charge >= 0.3 is 0 Å². The number of aliphatic hydroxyl groups excluding tert-OH is 1. The van der Waals surface area contributed by atoms with Gasteiger partial charge in [0, 0.05) is 18.9 Å². The zero-order valence-electron chi connectivity index (χ0n) is 20.2. The fourth-order valence-electron chi connectivity index (χ4n) is 5.10. The first-order valence-corrected chi connectivity index (χ1v) is 13.9. The van der Waals surface area contributed by atoms with Crippen LogP contribution in [0.25, 0.3) is 0 Å². The Balaban J connectivity index is 1.66. The molecule has 2 aromatic carbocycles. The molecular formula is C28H38O4Si. The number of hydrogen-bond donors (Lipinski definition) is 1. The van der Waals surface area contributed by atoms with Crippen LogP contribution in [0.15, 0.2) is 72.8 Å². The third-order valence-electron chi connectivity index (χ3n) is 6.84. The zero-order chi connectivity index (χ0) is 23.4. The Kier molecular flexibility index (Phi) is 7.87. The van der Waals surface area contributed by atoms with Crippen LogP contribution in [0.1, 0.15) is 46.5 Å². The van der Waals surface area contributed by atoms with E-state index in [-0.39, 0.29) is 29.8 Å². The summed E-state index contributed by atoms with van der Waals surface area (Å²) in [6, 6.07) is 21.1. The topological polar surface area (TPSA) is 47.9 Å². The highest BCUT2D eigenvalue weighted by Crippen LogP contribution is 2.43. The highest BCUT2D eigenvalue weighted by molar-refractivity contribution is 6.80. The molecule has 2 aliphatic rings. The van der Waals surface area contributed by atoms with Gasteiger partial charge in [0.05, 0.1) is 18.3 Å². The van der Waals surface area contributed by atoms with E-state index in [9.17, 15) is 5.11 Å². The fourth-order valence-corrected chi connectivity index (χ4v) is 7.81. The van der Waals surface area contributed by atoms with Crippen LogP contribution in [0.5, 0.6) is 0 Å². The molecule has 1 aliphatic carbocycles. The van der Waals surface area contributed by atoms with E-state index in [2.05, 4.69) is 75.9 Å². The number of benzene rings is 2. The van der Waals surface area contributed by atoms with E-state index in [4.69, 9.17) is 13.9 Å². The third kappa shape index (κ3) is 5.84. The molecule has 1 heterocycles. The highest BCUT2D eigenvalue weighted by Gasteiger charge is 2.48. The summed E-state index contributed by atoms with van der Waals surface area (Å²) in [7, 11) is -1.99. The van der Waals surface area contributed by atoms with Crippen LogP contribution in [-0.4, -0.2) is 45.4 Å². The largest absolute Gasteiger partial charge is 0.407 e. The monoisotopic (exact) mass is 466 g/mol. The molecule has 178 valence electrons. The molecule has 0 bridgehead atoms. The molecule has 4 rings (SSSR count). The molecule has 1 aliphatic heterocycles. The maximum atomic E-state index is 10.8. The summed E-state index contributed by atoms with van der Waals surface area (Å²) in [5.41, 5.74) is 0.659. The summed E-state index contributed by atoms with van der Waals surface area (Å²) < 4.78 is 19.5. The van der Waals surface area contributed by atoms with Gasteiger partial charge in [-0.1, -0.05) is 88.0 Å². The first kappa shape index (κ1) is 24.4. The van der Waals surface area contributed by atoms with Gasteiger partial charge in [-0.15, -0.1) is 0 Å². The number of rotatable bonds is 7. The van der Waals surface area contributed by atoms with Crippen molar-refractivity contribution in [2.75, 3.05) is 6.61 Å². The van der Waals surface area contributed by atoms with Crippen molar-refractivity contribution in [2.45, 2.75) is 71.1 Å². The van der Waals surface area contributed by atoms with Gasteiger partial charge in [-0.05, 0) is 40.6 Å². The SMILES string of the molecule is C=C1[C@H](O)C[C@H](OC2CCCCO2)[C@@H]1C(O[SiH](c1ccccc1)c1ccccc1)C(C)(C)C. The van der Waals surface area contributed by atoms with E-state index in [1.807, 2.05) is 12.1 Å². The molecule has 2 fully saturated rings. The van der Waals surface area contributed by atoms with E-state index in [1.165, 1.54) is 10.4 Å². The second kappa shape index (κ2) is 10.7. The van der Waals surface area contributed by atoms with Gasteiger partial charge in [0.1, 0.15) is 0 Å². The summed E-state index contributed by atoms with van der Waals surface area (Å²) in [6.07, 6.45) is 2.54. The molecule has 4 nitrogen and oxygen atoms in total. The minimum absolute atomic E-state index is 0.0899. The van der Waals surface area contributed by atoms with E-state index in [1.54, 1.807) is 0 Å². The first-order valence-electron chi connectivity index (χ1n) is 12.2. The number of aliphatic hydroxyl groups is 1. The van der Waals surface area contributed by atoms with Crippen molar-refractivity contribution < 1.29 is 19.0 Å². The summed E-state index contributed by atoms with van der Waals surface area (Å²) >= 11 is 0. The molecule has 1 saturated heterocycles. The van der Waals surface area contributed by atoms with Crippen molar-refractivity contribution in [3.8, 4) is 0 Å². The lowest BCUT2D eigenvalue weighted by molar-refractivity contribution is -0.201. The smallest absolute Gasteiger partial charge is 0.240 e. The average molecular weight is 467 g/mol. The molecule has 0 aromatic heterocycles. The quantitative estimate of drug-likeness (QED) is 0.498. The predicted octanol–water partition coefficient (Wildman–Crippen LogP) is 3.80. The normalized spacial score (nSPS) is 27.1. The Morgan fingerprint density at radius 2 is 1.61 bits per heavy atom. The summed E-state index contributed by atoms with van der Waals surface area (Å²) in [4.78, 5) is 0. The summed E-state index contributed by atoms with van der Waals surface area (Å²) in [5.74, 6) is -0.0899. The average Bonchev–Trinajstić information content (AvgIpc) is 3.08. The summed E-state index contributed by atoms with van der Waals surface area (Å²) in [6.45, 7) is 11.7. The highest BCUT2D eigenvalue weighted by atomic mass is 28.3. The molecular weight excluding hydrogens is 428 g/mol. The van der Waals surface area contributed by atoms with E-state index < -0.39 is 15.1 Å². The van der Waals surface area contributed by atoms with Crippen LogP contribution in [0, 0.1) is 11.3 Å². The maximum absolute atomic E-state index is 10.8. The minimum atomic E-state index is -1.99. The Bertz CT molecular complexity index is 850. The lowest BCUT2D eigenvalue weighted by atomic mass is 9.78. The van der Waals surface area contributed by atoms with Crippen molar-refractivity contribution in [1.82, 2.24) is 0 Å². The Labute approximate surface area is 200 Å². The lowest BCUT2D eigenvalue weighted by Crippen LogP contribution is -2.53. The van der Waals surface area contributed by atoms with Crippen LogP contribution in [-0.2, 0) is 13.9 Å². The van der Waals surface area contributed by atoms with Crippen molar-refractivity contribution >= 4 is 19.4 Å². The van der Waals surface area contributed by atoms with Crippen LogP contribution >= 0.6 is 0 Å². The number of ether oxygens (including phenoxy) is 2. The van der Waals surface area contributed by atoms with Gasteiger partial charge in [0.2, 0.25) is 9.04 Å². The molecule has 0 spiro atoms. The van der Waals surface area contributed by atoms with Gasteiger partial charge in [-0.2, -0.15) is 0 Å². The first-order chi connectivity index (χ1) is 15.8. The predicted molar refractivity (Wildman–Crippen MR) is 135 cm³/mol. The van der Waals surface area contributed by atoms with E-state index in [0.717, 1.165) is 31.4 Å². The van der Waals surface area contributed by atoms with Crippen molar-refractivity contribution in [2.24, 2.45) is 11.3 Å². The maximum Gasteiger partial charge on any atom is 0.240 e. The molecule has 33 heavy (non-hydrogen) atoms. The molecule has 1 saturated carbocycles. The summed E-state index contributed by atoms with van der Waals surface area (Å²) in [5, 5.41) is 13.3. The van der Waals surface area contributed by atoms with Gasteiger partial charge in [-0.3, -0.25) is 0 Å². The second-order valence-corrected chi connectivity index (χ2v) is 12.8. The van der Waals surface area contributed by atoms with Crippen LogP contribution in [0.3, 0.4) is 0 Å². The zero-order valence-corrected chi connectivity index (χ0v) is 21.3. The molecule has 1 N–H and O–H groups in total. The van der Waals surface area contributed by atoms with E-state index in [0.29, 0.717) is 6.42 Å². The minimum Gasteiger partial charge on any atom is -0.407 e. The Hall–Kier alpha value is -1.76.